The van der Waals surface area contributed by atoms with E-state index in [9.17, 15) is 9.59 Å². The van der Waals surface area contributed by atoms with Gasteiger partial charge in [-0.3, -0.25) is 14.8 Å². The molecule has 3 aliphatic rings. The maximum atomic E-state index is 12.6. The lowest BCUT2D eigenvalue weighted by Crippen LogP contribution is -2.48. The number of nitrogens with one attached hydrogen (secondary N) is 2. The zero-order chi connectivity index (χ0) is 21.5. The number of urea groups is 1. The van der Waals surface area contributed by atoms with Gasteiger partial charge < -0.3 is 16.0 Å². The molecule has 3 heterocycles. The average Bonchev–Trinajstić information content (AvgIpc) is 3.16. The molecule has 5 rings (SSSR count). The normalized spacial score (nSPS) is 25.4. The molecule has 0 bridgehead atoms. The first-order valence-electron chi connectivity index (χ1n) is 10.6. The van der Waals surface area contributed by atoms with Crippen LogP contribution in [0, 0.1) is 11.8 Å². The third-order valence-corrected chi connectivity index (χ3v) is 6.84. The molecule has 9 nitrogen and oxygen atoms in total. The Morgan fingerprint density at radius 3 is 2.65 bits per heavy atom. The van der Waals surface area contributed by atoms with Crippen molar-refractivity contribution in [2.24, 2.45) is 17.6 Å². The molecule has 4 N–H and O–H groups in total. The third-order valence-electron chi connectivity index (χ3n) is 6.49. The van der Waals surface area contributed by atoms with E-state index < -0.39 is 5.69 Å². The van der Waals surface area contributed by atoms with Crippen molar-refractivity contribution in [3.8, 4) is 5.69 Å². The smallest absolute Gasteiger partial charge is 0.327 e. The van der Waals surface area contributed by atoms with Gasteiger partial charge in [0.15, 0.2) is 0 Å². The second-order valence-corrected chi connectivity index (χ2v) is 8.91. The van der Waals surface area contributed by atoms with Crippen LogP contribution >= 0.6 is 11.6 Å². The van der Waals surface area contributed by atoms with Crippen LogP contribution < -0.4 is 22.1 Å². The Morgan fingerprint density at radius 1 is 1.23 bits per heavy atom. The van der Waals surface area contributed by atoms with Gasteiger partial charge in [0.05, 0.1) is 5.69 Å². The van der Waals surface area contributed by atoms with Crippen molar-refractivity contribution in [1.29, 1.82) is 0 Å². The summed E-state index contributed by atoms with van der Waals surface area (Å²) in [4.78, 5) is 32.9. The van der Waals surface area contributed by atoms with Crippen molar-refractivity contribution >= 4 is 23.4 Å². The van der Waals surface area contributed by atoms with Crippen molar-refractivity contribution in [3.05, 3.63) is 51.5 Å². The second-order valence-electron chi connectivity index (χ2n) is 8.51. The number of hydrogen-bond donors (Lipinski definition) is 3. The zero-order valence-electron chi connectivity index (χ0n) is 17.1. The molecule has 31 heavy (non-hydrogen) atoms. The molecule has 1 aliphatic carbocycles. The van der Waals surface area contributed by atoms with E-state index in [2.05, 4.69) is 20.5 Å². The second kappa shape index (κ2) is 8.23. The van der Waals surface area contributed by atoms with Crippen molar-refractivity contribution in [1.82, 2.24) is 24.7 Å². The lowest BCUT2D eigenvalue weighted by molar-refractivity contribution is 0.204. The van der Waals surface area contributed by atoms with Crippen molar-refractivity contribution in [2.45, 2.75) is 12.6 Å². The summed E-state index contributed by atoms with van der Waals surface area (Å²) < 4.78 is 1.42. The number of piperazine rings is 1. The van der Waals surface area contributed by atoms with Gasteiger partial charge in [0.1, 0.15) is 5.82 Å². The minimum atomic E-state index is -0.476. The van der Waals surface area contributed by atoms with Gasteiger partial charge >= 0.3 is 11.7 Å². The summed E-state index contributed by atoms with van der Waals surface area (Å²) in [5.74, 6) is 1.50. The maximum absolute atomic E-state index is 12.6. The zero-order valence-corrected chi connectivity index (χ0v) is 17.9. The number of halogens is 1. The molecule has 1 saturated carbocycles. The van der Waals surface area contributed by atoms with Gasteiger partial charge in [-0.1, -0.05) is 17.7 Å². The van der Waals surface area contributed by atoms with E-state index in [4.69, 9.17) is 17.3 Å². The predicted molar refractivity (Wildman–Crippen MR) is 119 cm³/mol. The number of likely N-dealkylation sites (tertiary alicyclic amines) is 1. The van der Waals surface area contributed by atoms with Gasteiger partial charge in [-0.2, -0.15) is 4.98 Å². The van der Waals surface area contributed by atoms with Crippen LogP contribution in [0.25, 0.3) is 5.69 Å². The topological polar surface area (TPSA) is 109 Å². The van der Waals surface area contributed by atoms with Crippen LogP contribution in [-0.4, -0.2) is 70.7 Å². The van der Waals surface area contributed by atoms with Crippen molar-refractivity contribution < 1.29 is 4.79 Å². The monoisotopic (exact) mass is 443 g/mol. The van der Waals surface area contributed by atoms with E-state index in [1.54, 1.807) is 23.2 Å². The summed E-state index contributed by atoms with van der Waals surface area (Å²) >= 11 is 6.52. The number of fused-ring (bicyclic) bond motifs is 1. The Hall–Kier alpha value is -2.46. The summed E-state index contributed by atoms with van der Waals surface area (Å²) in [5.41, 5.74) is 7.20. The Kier molecular flexibility index (Phi) is 5.43. The van der Waals surface area contributed by atoms with E-state index in [1.807, 2.05) is 12.1 Å². The number of piperidine rings is 1. The minimum Gasteiger partial charge on any atom is -0.327 e. The molecule has 2 aromatic rings. The number of nitrogens with two attached hydrogens (primary N) is 1. The summed E-state index contributed by atoms with van der Waals surface area (Å²) in [6.45, 7) is 5.59. The molecule has 0 radical (unpaired) electrons. The fourth-order valence-electron chi connectivity index (χ4n) is 4.57. The standard InChI is InChI=1S/C21H26ClN7O2/c22-17-9-14(2-1-13(17)10-27-11-15-16(12-27)19(15)23)29-6-3-18(26-21(29)31)25-20(30)28-7-4-24-5-8-28/h1-3,6,9,15-16,19,24H,4-5,7-8,10-12,23H2,(H,25,26,30,31)/t15-,16+,19?. The largest absolute Gasteiger partial charge is 0.354 e. The molecule has 2 amide bonds. The minimum absolute atomic E-state index is 0.235. The maximum Gasteiger partial charge on any atom is 0.354 e. The Labute approximate surface area is 185 Å². The summed E-state index contributed by atoms with van der Waals surface area (Å²) in [6.07, 6.45) is 1.60. The van der Waals surface area contributed by atoms with E-state index in [0.717, 1.165) is 38.3 Å². The molecule has 1 aromatic heterocycles. The average molecular weight is 444 g/mol. The van der Waals surface area contributed by atoms with Crippen LogP contribution in [-0.2, 0) is 6.54 Å². The van der Waals surface area contributed by atoms with Gasteiger partial charge in [-0.15, -0.1) is 0 Å². The number of carbonyl (C=O) groups excluding carboxylic acids is 1. The number of benzene rings is 1. The van der Waals surface area contributed by atoms with Crippen LogP contribution in [0.3, 0.4) is 0 Å². The molecule has 3 fully saturated rings. The lowest BCUT2D eigenvalue weighted by atomic mass is 10.2. The predicted octanol–water partition coefficient (Wildman–Crippen LogP) is 0.712. The van der Waals surface area contributed by atoms with Crippen molar-refractivity contribution in [3.63, 3.8) is 0 Å². The van der Waals surface area contributed by atoms with Crippen LogP contribution in [0.5, 0.6) is 0 Å². The first-order chi connectivity index (χ1) is 15.0. The molecule has 1 aromatic carbocycles. The Balaban J connectivity index is 1.26. The molecule has 3 atom stereocenters. The molecule has 2 saturated heterocycles. The Morgan fingerprint density at radius 2 is 1.97 bits per heavy atom. The lowest BCUT2D eigenvalue weighted by Gasteiger charge is -2.27. The molecular formula is C21H26ClN7O2. The van der Waals surface area contributed by atoms with E-state index in [1.165, 1.54) is 4.57 Å². The molecule has 10 heteroatoms. The quantitative estimate of drug-likeness (QED) is 0.642. The number of nitrogens with zero attached hydrogens (tertiary/aromatic N) is 4. The van der Waals surface area contributed by atoms with Gasteiger partial charge in [-0.05, 0) is 35.6 Å². The first kappa shape index (κ1) is 20.4. The molecule has 0 spiro atoms. The van der Waals surface area contributed by atoms with Gasteiger partial charge in [0.25, 0.3) is 0 Å². The SMILES string of the molecule is NC1[C@H]2CN(Cc3ccc(-n4ccc(NC(=O)N5CCNCC5)nc4=O)cc3Cl)C[C@@H]12. The van der Waals surface area contributed by atoms with Crippen LogP contribution in [0.2, 0.25) is 5.02 Å². The molecular weight excluding hydrogens is 418 g/mol. The van der Waals surface area contributed by atoms with E-state index in [-0.39, 0.29) is 11.8 Å². The number of carbonyl (C=O) groups is 1. The van der Waals surface area contributed by atoms with Gasteiger partial charge in [0.2, 0.25) is 0 Å². The van der Waals surface area contributed by atoms with Gasteiger partial charge in [0, 0.05) is 63.1 Å². The molecule has 1 unspecified atom stereocenters. The fraction of sp³-hybridized carbons (Fsp3) is 0.476. The number of aromatic nitrogens is 2. The number of anilines is 1. The first-order valence-corrected chi connectivity index (χ1v) is 11.0. The number of hydrogen-bond acceptors (Lipinski definition) is 6. The Bertz CT molecular complexity index is 1040. The summed E-state index contributed by atoms with van der Waals surface area (Å²) in [7, 11) is 0. The van der Waals surface area contributed by atoms with Crippen LogP contribution in [0.4, 0.5) is 10.6 Å². The van der Waals surface area contributed by atoms with E-state index in [0.29, 0.717) is 41.7 Å². The highest BCUT2D eigenvalue weighted by molar-refractivity contribution is 6.31. The highest BCUT2D eigenvalue weighted by Gasteiger charge is 2.53. The van der Waals surface area contributed by atoms with Gasteiger partial charge in [-0.25, -0.2) is 9.59 Å². The van der Waals surface area contributed by atoms with Crippen LogP contribution in [0.1, 0.15) is 5.56 Å². The fourth-order valence-corrected chi connectivity index (χ4v) is 4.80. The number of rotatable bonds is 4. The van der Waals surface area contributed by atoms with Crippen molar-refractivity contribution in [2.75, 3.05) is 44.6 Å². The molecule has 2 aliphatic heterocycles. The van der Waals surface area contributed by atoms with Crippen LogP contribution in [0.15, 0.2) is 35.3 Å². The number of amides is 2. The summed E-state index contributed by atoms with van der Waals surface area (Å²) in [6, 6.07) is 7.34. The summed E-state index contributed by atoms with van der Waals surface area (Å²) in [5, 5.41) is 6.51. The highest BCUT2D eigenvalue weighted by Crippen LogP contribution is 2.44. The third kappa shape index (κ3) is 4.18. The highest BCUT2D eigenvalue weighted by atomic mass is 35.5. The molecule has 164 valence electrons. The van der Waals surface area contributed by atoms with E-state index >= 15 is 0 Å².